The maximum absolute atomic E-state index is 11.8. The van der Waals surface area contributed by atoms with Gasteiger partial charge in [0.1, 0.15) is 12.3 Å². The van der Waals surface area contributed by atoms with Crippen molar-refractivity contribution in [2.45, 2.75) is 26.2 Å². The number of hydrogen-bond acceptors (Lipinski definition) is 3. The van der Waals surface area contributed by atoms with E-state index >= 15 is 0 Å². The molecule has 0 aromatic heterocycles. The van der Waals surface area contributed by atoms with E-state index in [1.54, 1.807) is 14.0 Å². The molecule has 0 bridgehead atoms. The highest BCUT2D eigenvalue weighted by atomic mass is 16.5. The molecule has 0 fully saturated rings. The fraction of sp³-hybridized carbons (Fsp3) is 0.467. The van der Waals surface area contributed by atoms with Gasteiger partial charge in [0.05, 0.1) is 7.11 Å². The molecule has 1 aromatic carbocycles. The van der Waals surface area contributed by atoms with Crippen molar-refractivity contribution in [2.75, 3.05) is 20.2 Å². The van der Waals surface area contributed by atoms with Gasteiger partial charge in [0.2, 0.25) is 5.91 Å². The summed E-state index contributed by atoms with van der Waals surface area (Å²) in [6, 6.07) is 7.72. The Bertz CT molecular complexity index is 442. The van der Waals surface area contributed by atoms with E-state index in [2.05, 4.69) is 0 Å². The number of amides is 1. The van der Waals surface area contributed by atoms with Gasteiger partial charge >= 0.3 is 5.97 Å². The Kier molecular flexibility index (Phi) is 6.56. The summed E-state index contributed by atoms with van der Waals surface area (Å²) in [6.45, 7) is 1.98. The first-order valence-corrected chi connectivity index (χ1v) is 6.69. The van der Waals surface area contributed by atoms with Gasteiger partial charge in [-0.05, 0) is 37.5 Å². The van der Waals surface area contributed by atoms with Gasteiger partial charge in [-0.2, -0.15) is 0 Å². The molecule has 0 unspecified atom stereocenters. The lowest BCUT2D eigenvalue weighted by atomic mass is 10.1. The van der Waals surface area contributed by atoms with Crippen molar-refractivity contribution in [3.8, 4) is 5.75 Å². The molecule has 0 aliphatic rings. The van der Waals surface area contributed by atoms with Crippen LogP contribution in [0, 0.1) is 0 Å². The largest absolute Gasteiger partial charge is 0.497 e. The zero-order valence-electron chi connectivity index (χ0n) is 12.0. The van der Waals surface area contributed by atoms with Crippen molar-refractivity contribution < 1.29 is 19.4 Å². The summed E-state index contributed by atoms with van der Waals surface area (Å²) in [7, 11) is 1.62. The van der Waals surface area contributed by atoms with Gasteiger partial charge < -0.3 is 14.7 Å². The first-order chi connectivity index (χ1) is 9.56. The molecule has 0 aliphatic carbocycles. The van der Waals surface area contributed by atoms with Gasteiger partial charge in [-0.3, -0.25) is 9.59 Å². The van der Waals surface area contributed by atoms with Gasteiger partial charge in [-0.15, -0.1) is 0 Å². The highest BCUT2D eigenvalue weighted by Gasteiger charge is 2.14. The van der Waals surface area contributed by atoms with E-state index < -0.39 is 5.97 Å². The van der Waals surface area contributed by atoms with Gasteiger partial charge in [-0.1, -0.05) is 12.1 Å². The molecule has 110 valence electrons. The van der Waals surface area contributed by atoms with Crippen LogP contribution in [-0.2, 0) is 16.0 Å². The van der Waals surface area contributed by atoms with E-state index in [4.69, 9.17) is 9.84 Å². The van der Waals surface area contributed by atoms with E-state index in [1.807, 2.05) is 24.3 Å². The number of carboxylic acids is 1. The van der Waals surface area contributed by atoms with Crippen LogP contribution in [0.3, 0.4) is 0 Å². The zero-order valence-corrected chi connectivity index (χ0v) is 12.0. The minimum Gasteiger partial charge on any atom is -0.497 e. The Morgan fingerprint density at radius 1 is 1.25 bits per heavy atom. The van der Waals surface area contributed by atoms with Crippen LogP contribution < -0.4 is 4.74 Å². The number of aliphatic carboxylic acids is 1. The van der Waals surface area contributed by atoms with Gasteiger partial charge in [0, 0.05) is 13.0 Å². The number of carbonyl (C=O) groups excluding carboxylic acids is 1. The number of carboxylic acid groups (broad SMARTS) is 1. The van der Waals surface area contributed by atoms with Crippen molar-refractivity contribution in [3.63, 3.8) is 0 Å². The molecule has 20 heavy (non-hydrogen) atoms. The molecular weight excluding hydrogens is 258 g/mol. The highest BCUT2D eigenvalue weighted by molar-refractivity contribution is 5.81. The van der Waals surface area contributed by atoms with E-state index in [1.165, 1.54) is 4.90 Å². The molecule has 1 rings (SSSR count). The number of hydrogen-bond donors (Lipinski definition) is 1. The second kappa shape index (κ2) is 8.19. The summed E-state index contributed by atoms with van der Waals surface area (Å²) in [5.41, 5.74) is 1.14. The summed E-state index contributed by atoms with van der Waals surface area (Å²) < 4.78 is 5.08. The van der Waals surface area contributed by atoms with Crippen LogP contribution >= 0.6 is 0 Å². The van der Waals surface area contributed by atoms with Crippen LogP contribution in [0.15, 0.2) is 24.3 Å². The number of rotatable bonds is 8. The summed E-state index contributed by atoms with van der Waals surface area (Å²) >= 11 is 0. The number of ether oxygens (including phenoxy) is 1. The quantitative estimate of drug-likeness (QED) is 0.790. The first-order valence-electron chi connectivity index (χ1n) is 6.69. The predicted molar refractivity (Wildman–Crippen MR) is 75.8 cm³/mol. The van der Waals surface area contributed by atoms with Crippen molar-refractivity contribution in [1.29, 1.82) is 0 Å². The van der Waals surface area contributed by atoms with Crippen molar-refractivity contribution in [3.05, 3.63) is 29.8 Å². The summed E-state index contributed by atoms with van der Waals surface area (Å²) in [5, 5.41) is 8.71. The third-order valence-electron chi connectivity index (χ3n) is 3.08. The second-order valence-corrected chi connectivity index (χ2v) is 4.50. The summed E-state index contributed by atoms with van der Waals surface area (Å²) in [4.78, 5) is 23.8. The van der Waals surface area contributed by atoms with Crippen molar-refractivity contribution in [1.82, 2.24) is 4.90 Å². The number of benzene rings is 1. The molecule has 1 aromatic rings. The molecule has 0 atom stereocenters. The molecule has 0 saturated carbocycles. The molecule has 0 radical (unpaired) electrons. The third kappa shape index (κ3) is 5.30. The number of carbonyl (C=O) groups is 2. The summed E-state index contributed by atoms with van der Waals surface area (Å²) in [6.07, 6.45) is 1.87. The predicted octanol–water partition coefficient (Wildman–Crippen LogP) is 1.95. The standard InChI is InChI=1S/C15H21NO4/c1-3-16(11-15(18)19)14(17)6-4-5-12-7-9-13(20-2)10-8-12/h7-10H,3-6,11H2,1-2H3,(H,18,19). The molecule has 5 heteroatoms. The number of likely N-dealkylation sites (N-methyl/N-ethyl adjacent to an activating group) is 1. The lowest BCUT2D eigenvalue weighted by Gasteiger charge is -2.18. The van der Waals surface area contributed by atoms with Gasteiger partial charge in [0.15, 0.2) is 0 Å². The Morgan fingerprint density at radius 2 is 1.90 bits per heavy atom. The van der Waals surface area contributed by atoms with Crippen molar-refractivity contribution >= 4 is 11.9 Å². The Morgan fingerprint density at radius 3 is 2.40 bits per heavy atom. The highest BCUT2D eigenvalue weighted by Crippen LogP contribution is 2.13. The van der Waals surface area contributed by atoms with Gasteiger partial charge in [0.25, 0.3) is 0 Å². The number of aryl methyl sites for hydroxylation is 1. The van der Waals surface area contributed by atoms with Crippen LogP contribution in [0.25, 0.3) is 0 Å². The molecule has 1 N–H and O–H groups in total. The van der Waals surface area contributed by atoms with E-state index in [0.29, 0.717) is 19.4 Å². The van der Waals surface area contributed by atoms with E-state index in [9.17, 15) is 9.59 Å². The van der Waals surface area contributed by atoms with Crippen molar-refractivity contribution in [2.24, 2.45) is 0 Å². The van der Waals surface area contributed by atoms with Gasteiger partial charge in [-0.25, -0.2) is 0 Å². The second-order valence-electron chi connectivity index (χ2n) is 4.50. The molecule has 1 amide bonds. The fourth-order valence-electron chi connectivity index (χ4n) is 1.93. The third-order valence-corrected chi connectivity index (χ3v) is 3.08. The molecule has 5 nitrogen and oxygen atoms in total. The van der Waals surface area contributed by atoms with Crippen LogP contribution in [0.5, 0.6) is 5.75 Å². The van der Waals surface area contributed by atoms with Crippen LogP contribution in [0.1, 0.15) is 25.3 Å². The average molecular weight is 279 g/mol. The van der Waals surface area contributed by atoms with E-state index in [0.717, 1.165) is 17.7 Å². The molecule has 0 spiro atoms. The fourth-order valence-corrected chi connectivity index (χ4v) is 1.93. The SMILES string of the molecule is CCN(CC(=O)O)C(=O)CCCc1ccc(OC)cc1. The minimum absolute atomic E-state index is 0.108. The maximum atomic E-state index is 11.8. The summed E-state index contributed by atoms with van der Waals surface area (Å²) in [5.74, 6) is -0.276. The first kappa shape index (κ1) is 16.0. The Hall–Kier alpha value is -2.04. The van der Waals surface area contributed by atoms with Crippen LogP contribution in [-0.4, -0.2) is 42.1 Å². The Labute approximate surface area is 119 Å². The molecule has 0 aliphatic heterocycles. The topological polar surface area (TPSA) is 66.8 Å². The zero-order chi connectivity index (χ0) is 15.0. The maximum Gasteiger partial charge on any atom is 0.323 e. The smallest absolute Gasteiger partial charge is 0.323 e. The lowest BCUT2D eigenvalue weighted by Crippen LogP contribution is -2.35. The minimum atomic E-state index is -0.977. The van der Waals surface area contributed by atoms with E-state index in [-0.39, 0.29) is 12.5 Å². The monoisotopic (exact) mass is 279 g/mol. The molecule has 0 saturated heterocycles. The van der Waals surface area contributed by atoms with Crippen LogP contribution in [0.2, 0.25) is 0 Å². The van der Waals surface area contributed by atoms with Crippen LogP contribution in [0.4, 0.5) is 0 Å². The molecule has 0 heterocycles. The Balaban J connectivity index is 2.38. The normalized spacial score (nSPS) is 10.1. The number of nitrogens with zero attached hydrogens (tertiary/aromatic N) is 1. The molecular formula is C15H21NO4. The lowest BCUT2D eigenvalue weighted by molar-refractivity contribution is -0.144. The number of methoxy groups -OCH3 is 1. The average Bonchev–Trinajstić information content (AvgIpc) is 2.45.